The molecule has 0 radical (unpaired) electrons. The molecular weight excluding hydrogens is 476 g/mol. The van der Waals surface area contributed by atoms with Crippen molar-refractivity contribution in [2.45, 2.75) is 78.6 Å². The first-order chi connectivity index (χ1) is 15.9. The van der Waals surface area contributed by atoms with Crippen LogP contribution in [0.25, 0.3) is 0 Å². The summed E-state index contributed by atoms with van der Waals surface area (Å²) < 4.78 is 6.54. The van der Waals surface area contributed by atoms with Gasteiger partial charge in [-0.15, -0.1) is 0 Å². The molecule has 0 fully saturated rings. The van der Waals surface area contributed by atoms with Crippen molar-refractivity contribution < 1.29 is 9.53 Å². The Morgan fingerprint density at radius 3 is 2.15 bits per heavy atom. The number of esters is 1. The van der Waals surface area contributed by atoms with Gasteiger partial charge in [0.1, 0.15) is 5.69 Å². The van der Waals surface area contributed by atoms with E-state index in [4.69, 9.17) is 4.74 Å². The van der Waals surface area contributed by atoms with Crippen LogP contribution in [0.1, 0.15) is 99.1 Å². The highest BCUT2D eigenvalue weighted by molar-refractivity contribution is 9.10. The molecule has 2 aromatic heterocycles. The van der Waals surface area contributed by atoms with Crippen LogP contribution in [0.15, 0.2) is 16.6 Å². The monoisotopic (exact) mass is 508 g/mol. The van der Waals surface area contributed by atoms with Gasteiger partial charge >= 0.3 is 5.97 Å². The van der Waals surface area contributed by atoms with Crippen molar-refractivity contribution in [2.75, 3.05) is 6.61 Å². The lowest BCUT2D eigenvalue weighted by molar-refractivity contribution is 0.0519. The number of ether oxygens (including phenoxy) is 1. The van der Waals surface area contributed by atoms with E-state index >= 15 is 0 Å². The van der Waals surface area contributed by atoms with Crippen molar-refractivity contribution in [1.29, 1.82) is 0 Å². The van der Waals surface area contributed by atoms with E-state index in [1.54, 1.807) is 0 Å². The van der Waals surface area contributed by atoms with Gasteiger partial charge in [-0.2, -0.15) is 0 Å². The molecule has 2 N–H and O–H groups in total. The van der Waals surface area contributed by atoms with Gasteiger partial charge in [0.05, 0.1) is 12.5 Å². The zero-order chi connectivity index (χ0) is 23.3. The SMILES string of the molecule is CCOC(=O)c1[nH]c(C(c2[nH]c(CC)c3c2CCC3)c2c(C)cc(Br)cc2C)c2c1CCC2. The Morgan fingerprint density at radius 1 is 0.939 bits per heavy atom. The van der Waals surface area contributed by atoms with Crippen LogP contribution in [-0.4, -0.2) is 22.5 Å². The van der Waals surface area contributed by atoms with Gasteiger partial charge in [0, 0.05) is 21.6 Å². The topological polar surface area (TPSA) is 57.9 Å². The van der Waals surface area contributed by atoms with Crippen LogP contribution in [0.2, 0.25) is 0 Å². The van der Waals surface area contributed by atoms with E-state index in [1.807, 2.05) is 6.92 Å². The number of carbonyl (C=O) groups excluding carboxylic acids is 1. The Labute approximate surface area is 204 Å². The number of hydrogen-bond acceptors (Lipinski definition) is 2. The minimum atomic E-state index is -0.226. The van der Waals surface area contributed by atoms with Crippen LogP contribution in [-0.2, 0) is 36.8 Å². The van der Waals surface area contributed by atoms with Crippen molar-refractivity contribution in [3.63, 3.8) is 0 Å². The minimum Gasteiger partial charge on any atom is -0.461 e. The third kappa shape index (κ3) is 3.69. The summed E-state index contributed by atoms with van der Waals surface area (Å²) in [5, 5.41) is 0. The first kappa shape index (κ1) is 22.5. The molecule has 1 aromatic carbocycles. The quantitative estimate of drug-likeness (QED) is 0.367. The van der Waals surface area contributed by atoms with Gasteiger partial charge < -0.3 is 14.7 Å². The predicted molar refractivity (Wildman–Crippen MR) is 136 cm³/mol. The number of rotatable bonds is 6. The molecule has 2 aliphatic rings. The van der Waals surface area contributed by atoms with Crippen molar-refractivity contribution in [3.8, 4) is 0 Å². The molecule has 2 aliphatic carbocycles. The number of aromatic amines is 2. The van der Waals surface area contributed by atoms with Gasteiger partial charge in [-0.05, 0) is 117 Å². The van der Waals surface area contributed by atoms with E-state index in [0.717, 1.165) is 43.0 Å². The average molecular weight is 509 g/mol. The molecule has 0 bridgehead atoms. The molecule has 0 saturated heterocycles. The fraction of sp³-hybridized carbons (Fsp3) is 0.464. The first-order valence-electron chi connectivity index (χ1n) is 12.3. The second-order valence-corrected chi connectivity index (χ2v) is 10.4. The maximum atomic E-state index is 12.9. The summed E-state index contributed by atoms with van der Waals surface area (Å²) >= 11 is 3.69. The standard InChI is InChI=1S/C28H33BrN2O2/c1-5-22-18-9-7-10-19(18)25(30-22)24(23-15(3)13-17(29)14-16(23)4)26-20-11-8-12-21(20)27(31-26)28(32)33-6-2/h13-14,24,30-31H,5-12H2,1-4H3. The normalized spacial score (nSPS) is 15.5. The lowest BCUT2D eigenvalue weighted by atomic mass is 9.83. The molecule has 5 rings (SSSR count). The van der Waals surface area contributed by atoms with Crippen LogP contribution in [0.3, 0.4) is 0 Å². The lowest BCUT2D eigenvalue weighted by Gasteiger charge is -2.23. The van der Waals surface area contributed by atoms with Gasteiger partial charge in [0.2, 0.25) is 0 Å². The Kier molecular flexibility index (Phi) is 6.02. The highest BCUT2D eigenvalue weighted by Gasteiger charge is 2.35. The smallest absolute Gasteiger partial charge is 0.355 e. The summed E-state index contributed by atoms with van der Waals surface area (Å²) in [7, 11) is 0. The number of H-pyrrole nitrogens is 2. The molecule has 2 heterocycles. The second kappa shape index (κ2) is 8.83. The van der Waals surface area contributed by atoms with E-state index in [2.05, 4.69) is 58.8 Å². The molecular formula is C28H33BrN2O2. The fourth-order valence-corrected chi connectivity index (χ4v) is 6.96. The maximum Gasteiger partial charge on any atom is 0.355 e. The van der Waals surface area contributed by atoms with Crippen molar-refractivity contribution in [3.05, 3.63) is 78.3 Å². The summed E-state index contributed by atoms with van der Waals surface area (Å²) in [5.41, 5.74) is 13.9. The third-order valence-corrected chi connectivity index (χ3v) is 8.01. The number of hydrogen-bond donors (Lipinski definition) is 2. The molecule has 3 aromatic rings. The van der Waals surface area contributed by atoms with E-state index in [0.29, 0.717) is 12.3 Å². The van der Waals surface area contributed by atoms with E-state index in [9.17, 15) is 4.79 Å². The van der Waals surface area contributed by atoms with Gasteiger partial charge in [-0.3, -0.25) is 0 Å². The van der Waals surface area contributed by atoms with Crippen LogP contribution in [0, 0.1) is 13.8 Å². The van der Waals surface area contributed by atoms with Crippen molar-refractivity contribution in [2.24, 2.45) is 0 Å². The highest BCUT2D eigenvalue weighted by Crippen LogP contribution is 2.45. The van der Waals surface area contributed by atoms with Crippen LogP contribution < -0.4 is 0 Å². The molecule has 33 heavy (non-hydrogen) atoms. The largest absolute Gasteiger partial charge is 0.461 e. The maximum absolute atomic E-state index is 12.9. The lowest BCUT2D eigenvalue weighted by Crippen LogP contribution is -2.13. The molecule has 0 aliphatic heterocycles. The summed E-state index contributed by atoms with van der Waals surface area (Å²) in [6, 6.07) is 4.43. The first-order valence-corrected chi connectivity index (χ1v) is 13.1. The molecule has 1 atom stereocenters. The number of fused-ring (bicyclic) bond motifs is 2. The van der Waals surface area contributed by atoms with Crippen molar-refractivity contribution >= 4 is 21.9 Å². The molecule has 5 heteroatoms. The zero-order valence-electron chi connectivity index (χ0n) is 20.1. The van der Waals surface area contributed by atoms with Crippen LogP contribution in [0.5, 0.6) is 0 Å². The highest BCUT2D eigenvalue weighted by atomic mass is 79.9. The summed E-state index contributed by atoms with van der Waals surface area (Å²) in [6.07, 6.45) is 7.57. The second-order valence-electron chi connectivity index (χ2n) is 9.51. The number of aromatic nitrogens is 2. The van der Waals surface area contributed by atoms with Gasteiger partial charge in [-0.25, -0.2) is 4.79 Å². The molecule has 0 spiro atoms. The Hall–Kier alpha value is -2.27. The molecule has 174 valence electrons. The number of aryl methyl sites for hydroxylation is 3. The summed E-state index contributed by atoms with van der Waals surface area (Å²) in [5.74, 6) is -0.170. The van der Waals surface area contributed by atoms with Crippen LogP contribution in [0.4, 0.5) is 0 Å². The third-order valence-electron chi connectivity index (χ3n) is 7.55. The fourth-order valence-electron chi connectivity index (χ4n) is 6.27. The van der Waals surface area contributed by atoms with Crippen LogP contribution >= 0.6 is 15.9 Å². The molecule has 1 unspecified atom stereocenters. The predicted octanol–water partition coefficient (Wildman–Crippen LogP) is 6.62. The Balaban J connectivity index is 1.78. The average Bonchev–Trinajstić information content (AvgIpc) is 3.52. The number of carbonyl (C=O) groups is 1. The van der Waals surface area contributed by atoms with E-state index in [1.165, 1.54) is 62.4 Å². The van der Waals surface area contributed by atoms with Gasteiger partial charge in [0.15, 0.2) is 0 Å². The number of halogens is 1. The van der Waals surface area contributed by atoms with Gasteiger partial charge in [0.25, 0.3) is 0 Å². The number of benzene rings is 1. The summed E-state index contributed by atoms with van der Waals surface area (Å²) in [4.78, 5) is 20.4. The summed E-state index contributed by atoms with van der Waals surface area (Å²) in [6.45, 7) is 8.91. The van der Waals surface area contributed by atoms with E-state index in [-0.39, 0.29) is 11.9 Å². The minimum absolute atomic E-state index is 0.0558. The van der Waals surface area contributed by atoms with Gasteiger partial charge in [-0.1, -0.05) is 22.9 Å². The Morgan fingerprint density at radius 2 is 1.52 bits per heavy atom. The Bertz CT molecular complexity index is 1210. The van der Waals surface area contributed by atoms with Crippen molar-refractivity contribution in [1.82, 2.24) is 9.97 Å². The molecule has 4 nitrogen and oxygen atoms in total. The zero-order valence-corrected chi connectivity index (χ0v) is 21.7. The number of nitrogens with one attached hydrogen (secondary N) is 2. The molecule has 0 amide bonds. The van der Waals surface area contributed by atoms with E-state index < -0.39 is 0 Å². The molecule has 0 saturated carbocycles.